The Morgan fingerprint density at radius 3 is 2.50 bits per heavy atom. The van der Waals surface area contributed by atoms with Crippen LogP contribution in [0, 0.1) is 17.2 Å². The van der Waals surface area contributed by atoms with Crippen LogP contribution in [0.5, 0.6) is 0 Å². The maximum absolute atomic E-state index is 9.21. The van der Waals surface area contributed by atoms with Gasteiger partial charge in [0.2, 0.25) is 0 Å². The lowest BCUT2D eigenvalue weighted by Crippen LogP contribution is -2.47. The predicted octanol–water partition coefficient (Wildman–Crippen LogP) is 2.18. The van der Waals surface area contributed by atoms with E-state index in [4.69, 9.17) is 4.74 Å². The average molecular weight is 222 g/mol. The van der Waals surface area contributed by atoms with Crippen molar-refractivity contribution in [3.8, 4) is 6.07 Å². The Morgan fingerprint density at radius 2 is 1.81 bits per heavy atom. The molecule has 2 aliphatic rings. The van der Waals surface area contributed by atoms with E-state index < -0.39 is 0 Å². The lowest BCUT2D eigenvalue weighted by atomic mass is 9.83. The molecule has 2 atom stereocenters. The van der Waals surface area contributed by atoms with Crippen LogP contribution < -0.4 is 0 Å². The number of ether oxygens (including phenoxy) is 1. The molecule has 3 nitrogen and oxygen atoms in total. The monoisotopic (exact) mass is 222 g/mol. The van der Waals surface area contributed by atoms with Crippen molar-refractivity contribution in [2.24, 2.45) is 5.92 Å². The quantitative estimate of drug-likeness (QED) is 0.718. The minimum atomic E-state index is 0.251. The van der Waals surface area contributed by atoms with E-state index in [1.807, 2.05) is 0 Å². The molecule has 16 heavy (non-hydrogen) atoms. The zero-order valence-corrected chi connectivity index (χ0v) is 10.2. The van der Waals surface area contributed by atoms with Gasteiger partial charge in [-0.1, -0.05) is 12.8 Å². The van der Waals surface area contributed by atoms with Crippen molar-refractivity contribution in [3.63, 3.8) is 0 Å². The molecule has 0 N–H and O–H groups in total. The van der Waals surface area contributed by atoms with Gasteiger partial charge in [-0.25, -0.2) is 0 Å². The highest BCUT2D eigenvalue weighted by atomic mass is 16.5. The topological polar surface area (TPSA) is 36.3 Å². The summed E-state index contributed by atoms with van der Waals surface area (Å²) in [6.07, 6.45) is 7.07. The first-order valence-electron chi connectivity index (χ1n) is 6.52. The fourth-order valence-electron chi connectivity index (χ4n) is 3.11. The van der Waals surface area contributed by atoms with Crippen molar-refractivity contribution in [1.82, 2.24) is 4.90 Å². The zero-order chi connectivity index (χ0) is 11.4. The van der Waals surface area contributed by atoms with E-state index in [-0.39, 0.29) is 5.92 Å². The van der Waals surface area contributed by atoms with Crippen LogP contribution in [0.1, 0.15) is 38.5 Å². The second-order valence-electron chi connectivity index (χ2n) is 5.10. The molecular formula is C13H22N2O. The Bertz CT molecular complexity index is 255. The van der Waals surface area contributed by atoms with Crippen LogP contribution in [0.2, 0.25) is 0 Å². The summed E-state index contributed by atoms with van der Waals surface area (Å²) < 4.78 is 5.40. The highest BCUT2D eigenvalue weighted by molar-refractivity contribution is 4.96. The van der Waals surface area contributed by atoms with Gasteiger partial charge >= 0.3 is 0 Å². The van der Waals surface area contributed by atoms with Gasteiger partial charge in [-0.15, -0.1) is 0 Å². The van der Waals surface area contributed by atoms with Gasteiger partial charge in [-0.3, -0.25) is 4.90 Å². The van der Waals surface area contributed by atoms with Gasteiger partial charge in [0.15, 0.2) is 0 Å². The van der Waals surface area contributed by atoms with Crippen LogP contribution in [-0.2, 0) is 4.74 Å². The summed E-state index contributed by atoms with van der Waals surface area (Å²) in [5, 5.41) is 9.21. The third kappa shape index (κ3) is 2.56. The number of hydrogen-bond donors (Lipinski definition) is 0. The van der Waals surface area contributed by atoms with Crippen LogP contribution in [-0.4, -0.2) is 37.2 Å². The van der Waals surface area contributed by atoms with Crippen molar-refractivity contribution in [2.45, 2.75) is 50.6 Å². The molecule has 2 rings (SSSR count). The normalized spacial score (nSPS) is 32.6. The standard InChI is InChI=1S/C13H22N2O/c1-15(12-6-8-16-9-7-12)13-5-3-2-4-11(13)10-14/h11-13H,2-9H2,1H3. The molecule has 0 amide bonds. The van der Waals surface area contributed by atoms with Crippen LogP contribution in [0.3, 0.4) is 0 Å². The Morgan fingerprint density at radius 1 is 1.12 bits per heavy atom. The summed E-state index contributed by atoms with van der Waals surface area (Å²) in [5.74, 6) is 0.251. The van der Waals surface area contributed by atoms with Gasteiger partial charge in [0, 0.05) is 25.3 Å². The Balaban J connectivity index is 1.95. The number of hydrogen-bond acceptors (Lipinski definition) is 3. The minimum Gasteiger partial charge on any atom is -0.381 e. The van der Waals surface area contributed by atoms with E-state index in [0.717, 1.165) is 32.5 Å². The molecule has 1 heterocycles. The Kier molecular flexibility index (Phi) is 4.20. The van der Waals surface area contributed by atoms with Gasteiger partial charge in [0.1, 0.15) is 0 Å². The number of nitrogens with zero attached hydrogens (tertiary/aromatic N) is 2. The van der Waals surface area contributed by atoms with Gasteiger partial charge in [0.25, 0.3) is 0 Å². The van der Waals surface area contributed by atoms with E-state index in [1.54, 1.807) is 0 Å². The summed E-state index contributed by atoms with van der Waals surface area (Å²) in [5.41, 5.74) is 0. The highest BCUT2D eigenvalue weighted by Crippen LogP contribution is 2.30. The molecule has 90 valence electrons. The minimum absolute atomic E-state index is 0.251. The molecule has 1 saturated heterocycles. The second-order valence-corrected chi connectivity index (χ2v) is 5.10. The molecular weight excluding hydrogens is 200 g/mol. The van der Waals surface area contributed by atoms with Crippen LogP contribution >= 0.6 is 0 Å². The molecule has 3 heteroatoms. The van der Waals surface area contributed by atoms with E-state index >= 15 is 0 Å². The highest BCUT2D eigenvalue weighted by Gasteiger charge is 2.32. The third-order valence-electron chi connectivity index (χ3n) is 4.19. The van der Waals surface area contributed by atoms with Crippen LogP contribution in [0.4, 0.5) is 0 Å². The van der Waals surface area contributed by atoms with E-state index in [0.29, 0.717) is 12.1 Å². The third-order valence-corrected chi connectivity index (χ3v) is 4.19. The molecule has 2 unspecified atom stereocenters. The van der Waals surface area contributed by atoms with E-state index in [2.05, 4.69) is 18.0 Å². The molecule has 1 aliphatic heterocycles. The summed E-state index contributed by atoms with van der Waals surface area (Å²) in [7, 11) is 2.20. The summed E-state index contributed by atoms with van der Waals surface area (Å²) >= 11 is 0. The maximum atomic E-state index is 9.21. The lowest BCUT2D eigenvalue weighted by Gasteiger charge is -2.41. The molecule has 2 fully saturated rings. The maximum Gasteiger partial charge on any atom is 0.0672 e. The second kappa shape index (κ2) is 5.65. The van der Waals surface area contributed by atoms with Gasteiger partial charge in [0.05, 0.1) is 12.0 Å². The van der Waals surface area contributed by atoms with Crippen LogP contribution in [0.25, 0.3) is 0 Å². The molecule has 1 saturated carbocycles. The molecule has 0 aromatic carbocycles. The fourth-order valence-corrected chi connectivity index (χ4v) is 3.11. The first-order chi connectivity index (χ1) is 7.83. The Labute approximate surface area is 98.4 Å². The molecule has 1 aliphatic carbocycles. The van der Waals surface area contributed by atoms with Crippen LogP contribution in [0.15, 0.2) is 0 Å². The molecule has 0 radical (unpaired) electrons. The summed E-state index contributed by atoms with van der Waals surface area (Å²) in [6, 6.07) is 3.62. The average Bonchev–Trinajstić information content (AvgIpc) is 2.39. The largest absolute Gasteiger partial charge is 0.381 e. The first-order valence-corrected chi connectivity index (χ1v) is 6.52. The van der Waals surface area contributed by atoms with Gasteiger partial charge in [-0.05, 0) is 32.7 Å². The number of rotatable bonds is 2. The SMILES string of the molecule is CN(C1CCOCC1)C1CCCCC1C#N. The fraction of sp³-hybridized carbons (Fsp3) is 0.923. The predicted molar refractivity (Wildman–Crippen MR) is 63.0 cm³/mol. The smallest absolute Gasteiger partial charge is 0.0672 e. The Hall–Kier alpha value is -0.590. The zero-order valence-electron chi connectivity index (χ0n) is 10.2. The molecule has 0 spiro atoms. The van der Waals surface area contributed by atoms with E-state index in [9.17, 15) is 5.26 Å². The van der Waals surface area contributed by atoms with Crippen molar-refractivity contribution in [3.05, 3.63) is 0 Å². The van der Waals surface area contributed by atoms with Crippen molar-refractivity contribution in [1.29, 1.82) is 5.26 Å². The first kappa shape index (κ1) is 11.9. The van der Waals surface area contributed by atoms with Crippen molar-refractivity contribution >= 4 is 0 Å². The lowest BCUT2D eigenvalue weighted by molar-refractivity contribution is 0.0148. The van der Waals surface area contributed by atoms with Crippen molar-refractivity contribution < 1.29 is 4.74 Å². The van der Waals surface area contributed by atoms with Gasteiger partial charge < -0.3 is 4.74 Å². The number of nitriles is 1. The molecule has 0 aromatic heterocycles. The van der Waals surface area contributed by atoms with Gasteiger partial charge in [-0.2, -0.15) is 5.26 Å². The molecule has 0 bridgehead atoms. The summed E-state index contributed by atoms with van der Waals surface area (Å²) in [4.78, 5) is 2.47. The molecule has 0 aromatic rings. The summed E-state index contributed by atoms with van der Waals surface area (Å²) in [6.45, 7) is 1.78. The van der Waals surface area contributed by atoms with E-state index in [1.165, 1.54) is 19.3 Å². The van der Waals surface area contributed by atoms with Crippen molar-refractivity contribution in [2.75, 3.05) is 20.3 Å².